The Balaban J connectivity index is 2.29. The van der Waals surface area contributed by atoms with Crippen molar-refractivity contribution in [2.24, 2.45) is 5.92 Å². The Morgan fingerprint density at radius 2 is 2.40 bits per heavy atom. The van der Waals surface area contributed by atoms with Crippen molar-refractivity contribution >= 4 is 22.8 Å². The van der Waals surface area contributed by atoms with Gasteiger partial charge in [0.2, 0.25) is 5.24 Å². The minimum atomic E-state index is -0.406. The number of cyclic esters (lactones) is 1. The SMILES string of the molecule is CCOCC1CC(CCC(=O)Cl)C(=O)O1. The molecule has 1 aliphatic heterocycles. The van der Waals surface area contributed by atoms with E-state index >= 15 is 0 Å². The number of esters is 1. The first-order valence-corrected chi connectivity index (χ1v) is 5.47. The molecule has 0 saturated carbocycles. The summed E-state index contributed by atoms with van der Waals surface area (Å²) in [5, 5.41) is -0.406. The van der Waals surface area contributed by atoms with E-state index in [4.69, 9.17) is 21.1 Å². The topological polar surface area (TPSA) is 52.6 Å². The molecule has 5 heteroatoms. The lowest BCUT2D eigenvalue weighted by atomic mass is 10.00. The first-order valence-electron chi connectivity index (χ1n) is 5.10. The van der Waals surface area contributed by atoms with E-state index in [1.807, 2.05) is 6.92 Å². The number of carbonyl (C=O) groups excluding carboxylic acids is 2. The maximum Gasteiger partial charge on any atom is 0.309 e. The Bertz CT molecular complexity index is 242. The second-order valence-corrected chi connectivity index (χ2v) is 3.97. The molecule has 86 valence electrons. The van der Waals surface area contributed by atoms with E-state index in [2.05, 4.69) is 0 Å². The van der Waals surface area contributed by atoms with Crippen molar-refractivity contribution in [3.8, 4) is 0 Å². The van der Waals surface area contributed by atoms with Crippen LogP contribution in [0.15, 0.2) is 0 Å². The number of ether oxygens (including phenoxy) is 2. The van der Waals surface area contributed by atoms with E-state index in [1.54, 1.807) is 0 Å². The summed E-state index contributed by atoms with van der Waals surface area (Å²) in [5.74, 6) is -0.434. The van der Waals surface area contributed by atoms with Gasteiger partial charge in [0.1, 0.15) is 6.10 Å². The summed E-state index contributed by atoms with van der Waals surface area (Å²) >= 11 is 5.21. The van der Waals surface area contributed by atoms with Crippen LogP contribution in [0.4, 0.5) is 0 Å². The van der Waals surface area contributed by atoms with E-state index in [0.29, 0.717) is 26.1 Å². The lowest BCUT2D eigenvalue weighted by Gasteiger charge is -2.07. The highest BCUT2D eigenvalue weighted by Crippen LogP contribution is 2.25. The maximum absolute atomic E-state index is 11.3. The quantitative estimate of drug-likeness (QED) is 0.516. The van der Waals surface area contributed by atoms with Crippen LogP contribution in [0.2, 0.25) is 0 Å². The molecule has 0 aromatic carbocycles. The summed E-state index contributed by atoms with van der Waals surface area (Å²) < 4.78 is 10.3. The molecule has 15 heavy (non-hydrogen) atoms. The van der Waals surface area contributed by atoms with Crippen LogP contribution in [0.25, 0.3) is 0 Å². The molecule has 1 saturated heterocycles. The predicted octanol–water partition coefficient (Wildman–Crippen LogP) is 1.50. The van der Waals surface area contributed by atoms with Gasteiger partial charge in [-0.2, -0.15) is 0 Å². The third kappa shape index (κ3) is 4.18. The molecule has 2 unspecified atom stereocenters. The van der Waals surface area contributed by atoms with Gasteiger partial charge in [-0.15, -0.1) is 0 Å². The highest BCUT2D eigenvalue weighted by Gasteiger charge is 2.34. The van der Waals surface area contributed by atoms with Crippen molar-refractivity contribution in [3.63, 3.8) is 0 Å². The minimum Gasteiger partial charge on any atom is -0.460 e. The van der Waals surface area contributed by atoms with E-state index < -0.39 is 5.24 Å². The fraction of sp³-hybridized carbons (Fsp3) is 0.800. The highest BCUT2D eigenvalue weighted by atomic mass is 35.5. The van der Waals surface area contributed by atoms with Crippen molar-refractivity contribution < 1.29 is 19.1 Å². The predicted molar refractivity (Wildman–Crippen MR) is 54.6 cm³/mol. The number of hydrogen-bond donors (Lipinski definition) is 0. The second-order valence-electron chi connectivity index (χ2n) is 3.54. The zero-order valence-electron chi connectivity index (χ0n) is 8.70. The molecule has 0 amide bonds. The van der Waals surface area contributed by atoms with Crippen LogP contribution in [0.3, 0.4) is 0 Å². The summed E-state index contributed by atoms with van der Waals surface area (Å²) in [4.78, 5) is 21.9. The molecule has 0 N–H and O–H groups in total. The molecule has 0 radical (unpaired) electrons. The normalized spacial score (nSPS) is 25.3. The molecular weight excluding hydrogens is 220 g/mol. The van der Waals surface area contributed by atoms with Gasteiger partial charge in [-0.3, -0.25) is 9.59 Å². The average molecular weight is 235 g/mol. The molecule has 1 rings (SSSR count). The third-order valence-corrected chi connectivity index (χ3v) is 2.55. The van der Waals surface area contributed by atoms with Crippen LogP contribution >= 0.6 is 11.6 Å². The van der Waals surface area contributed by atoms with Crippen molar-refractivity contribution in [2.75, 3.05) is 13.2 Å². The van der Waals surface area contributed by atoms with Gasteiger partial charge in [-0.05, 0) is 31.4 Å². The first-order chi connectivity index (χ1) is 7.13. The number of hydrogen-bond acceptors (Lipinski definition) is 4. The Morgan fingerprint density at radius 3 is 3.00 bits per heavy atom. The summed E-state index contributed by atoms with van der Waals surface area (Å²) in [6, 6.07) is 0. The van der Waals surface area contributed by atoms with Crippen LogP contribution < -0.4 is 0 Å². The number of carbonyl (C=O) groups is 2. The van der Waals surface area contributed by atoms with Gasteiger partial charge in [0.15, 0.2) is 0 Å². The van der Waals surface area contributed by atoms with Crippen molar-refractivity contribution in [1.82, 2.24) is 0 Å². The summed E-state index contributed by atoms with van der Waals surface area (Å²) in [5.41, 5.74) is 0. The number of rotatable bonds is 6. The second kappa shape index (κ2) is 6.08. The highest BCUT2D eigenvalue weighted by molar-refractivity contribution is 6.63. The number of halogens is 1. The van der Waals surface area contributed by atoms with Gasteiger partial charge >= 0.3 is 5.97 Å². The minimum absolute atomic E-state index is 0.159. The first kappa shape index (κ1) is 12.5. The molecule has 1 fully saturated rings. The van der Waals surface area contributed by atoms with Crippen LogP contribution in [0.1, 0.15) is 26.2 Å². The Labute approximate surface area is 93.9 Å². The molecule has 0 aromatic rings. The molecule has 0 bridgehead atoms. The standard InChI is InChI=1S/C10H15ClO4/c1-2-14-6-8-5-7(10(13)15-8)3-4-9(11)12/h7-8H,2-6H2,1H3. The lowest BCUT2D eigenvalue weighted by molar-refractivity contribution is -0.146. The van der Waals surface area contributed by atoms with Crippen LogP contribution in [-0.2, 0) is 19.1 Å². The van der Waals surface area contributed by atoms with Gasteiger partial charge in [0.25, 0.3) is 0 Å². The van der Waals surface area contributed by atoms with Crippen LogP contribution in [-0.4, -0.2) is 30.5 Å². The lowest BCUT2D eigenvalue weighted by Crippen LogP contribution is -2.14. The summed E-state index contributed by atoms with van der Waals surface area (Å²) in [6.07, 6.45) is 1.17. The summed E-state index contributed by atoms with van der Waals surface area (Å²) in [7, 11) is 0. The van der Waals surface area contributed by atoms with E-state index in [0.717, 1.165) is 0 Å². The molecular formula is C10H15ClO4. The van der Waals surface area contributed by atoms with E-state index in [1.165, 1.54) is 0 Å². The molecule has 0 spiro atoms. The molecule has 1 heterocycles. The van der Waals surface area contributed by atoms with Gasteiger partial charge in [-0.1, -0.05) is 0 Å². The van der Waals surface area contributed by atoms with Crippen LogP contribution in [0, 0.1) is 5.92 Å². The molecule has 0 aliphatic carbocycles. The third-order valence-electron chi connectivity index (χ3n) is 2.36. The molecule has 1 aliphatic rings. The Kier molecular flexibility index (Phi) is 5.05. The van der Waals surface area contributed by atoms with Gasteiger partial charge in [0.05, 0.1) is 12.5 Å². The molecule has 4 nitrogen and oxygen atoms in total. The van der Waals surface area contributed by atoms with E-state index in [-0.39, 0.29) is 24.4 Å². The summed E-state index contributed by atoms with van der Waals surface area (Å²) in [6.45, 7) is 2.94. The molecule has 2 atom stereocenters. The monoisotopic (exact) mass is 234 g/mol. The zero-order valence-corrected chi connectivity index (χ0v) is 9.46. The van der Waals surface area contributed by atoms with Crippen molar-refractivity contribution in [3.05, 3.63) is 0 Å². The van der Waals surface area contributed by atoms with Crippen LogP contribution in [0.5, 0.6) is 0 Å². The zero-order chi connectivity index (χ0) is 11.3. The van der Waals surface area contributed by atoms with Crippen molar-refractivity contribution in [1.29, 1.82) is 0 Å². The average Bonchev–Trinajstić information content (AvgIpc) is 2.53. The largest absolute Gasteiger partial charge is 0.460 e. The van der Waals surface area contributed by atoms with E-state index in [9.17, 15) is 9.59 Å². The molecule has 0 aromatic heterocycles. The van der Waals surface area contributed by atoms with Gasteiger partial charge < -0.3 is 9.47 Å². The maximum atomic E-state index is 11.3. The van der Waals surface area contributed by atoms with Crippen molar-refractivity contribution in [2.45, 2.75) is 32.3 Å². The Hall–Kier alpha value is -0.610. The fourth-order valence-corrected chi connectivity index (χ4v) is 1.71. The fourth-order valence-electron chi connectivity index (χ4n) is 1.60. The van der Waals surface area contributed by atoms with Gasteiger partial charge in [0, 0.05) is 13.0 Å². The smallest absolute Gasteiger partial charge is 0.309 e. The van der Waals surface area contributed by atoms with Gasteiger partial charge in [-0.25, -0.2) is 0 Å². The Morgan fingerprint density at radius 1 is 1.67 bits per heavy atom.